The zero-order valence-electron chi connectivity index (χ0n) is 10.7. The Morgan fingerprint density at radius 2 is 1.78 bits per heavy atom. The average Bonchev–Trinajstić information content (AvgIpc) is 2.27. The number of hydrogen-bond acceptors (Lipinski definition) is 3. The molecule has 0 bridgehead atoms. The first-order valence-electron chi connectivity index (χ1n) is 5.59. The van der Waals surface area contributed by atoms with E-state index in [4.69, 9.17) is 16.4 Å². The smallest absolute Gasteiger partial charge is 0.262 e. The third-order valence-corrected chi connectivity index (χ3v) is 3.46. The highest BCUT2D eigenvalue weighted by Crippen LogP contribution is 2.13. The Hall–Kier alpha value is -0.620. The molecule has 0 aromatic heterocycles. The highest BCUT2D eigenvalue weighted by Gasteiger charge is 2.18. The standard InChI is InChI=1S/C12H18ClNO3S/c1-12(2,3)17-14-18(15,16)11-6-4-10(5-7-11)8-9-13/h4-7,14H,8-9H2,1-3H3. The van der Waals surface area contributed by atoms with Crippen molar-refractivity contribution in [1.82, 2.24) is 4.89 Å². The molecule has 0 spiro atoms. The second-order valence-electron chi connectivity index (χ2n) is 4.88. The highest BCUT2D eigenvalue weighted by molar-refractivity contribution is 7.89. The van der Waals surface area contributed by atoms with E-state index >= 15 is 0 Å². The molecule has 0 saturated heterocycles. The molecule has 1 N–H and O–H groups in total. The van der Waals surface area contributed by atoms with Gasteiger partial charge in [-0.3, -0.25) is 4.84 Å². The Bertz CT molecular complexity index is 477. The van der Waals surface area contributed by atoms with Gasteiger partial charge in [0.25, 0.3) is 10.0 Å². The third kappa shape index (κ3) is 4.94. The summed E-state index contributed by atoms with van der Waals surface area (Å²) in [4.78, 5) is 7.35. The van der Waals surface area contributed by atoms with Gasteiger partial charge in [-0.25, -0.2) is 8.42 Å². The van der Waals surface area contributed by atoms with E-state index in [0.29, 0.717) is 12.3 Å². The summed E-state index contributed by atoms with van der Waals surface area (Å²) < 4.78 is 23.8. The summed E-state index contributed by atoms with van der Waals surface area (Å²) in [5, 5.41) is 0. The summed E-state index contributed by atoms with van der Waals surface area (Å²) >= 11 is 5.62. The predicted molar refractivity (Wildman–Crippen MR) is 72.0 cm³/mol. The van der Waals surface area contributed by atoms with Gasteiger partial charge in [-0.05, 0) is 44.9 Å². The normalized spacial score (nSPS) is 12.7. The number of rotatable bonds is 5. The number of nitrogens with one attached hydrogen (secondary N) is 1. The number of halogens is 1. The fraction of sp³-hybridized carbons (Fsp3) is 0.500. The fourth-order valence-corrected chi connectivity index (χ4v) is 2.34. The van der Waals surface area contributed by atoms with Crippen molar-refractivity contribution in [1.29, 1.82) is 0 Å². The SMILES string of the molecule is CC(C)(C)ONS(=O)(=O)c1ccc(CCCl)cc1. The van der Waals surface area contributed by atoms with Crippen LogP contribution in [-0.4, -0.2) is 19.9 Å². The molecule has 6 heteroatoms. The van der Waals surface area contributed by atoms with Gasteiger partial charge in [-0.1, -0.05) is 17.0 Å². The van der Waals surface area contributed by atoms with Crippen LogP contribution in [0.25, 0.3) is 0 Å². The van der Waals surface area contributed by atoms with Crippen LogP contribution in [-0.2, 0) is 21.3 Å². The third-order valence-electron chi connectivity index (χ3n) is 2.07. The first-order chi connectivity index (χ1) is 8.24. The van der Waals surface area contributed by atoms with Crippen molar-refractivity contribution in [3.63, 3.8) is 0 Å². The highest BCUT2D eigenvalue weighted by atomic mass is 35.5. The van der Waals surface area contributed by atoms with E-state index in [0.717, 1.165) is 5.56 Å². The van der Waals surface area contributed by atoms with Gasteiger partial charge in [0.05, 0.1) is 10.5 Å². The molecule has 0 aliphatic heterocycles. The van der Waals surface area contributed by atoms with Crippen molar-refractivity contribution in [2.24, 2.45) is 0 Å². The molecule has 0 fully saturated rings. The lowest BCUT2D eigenvalue weighted by molar-refractivity contribution is -0.0357. The molecule has 1 rings (SSSR count). The molecule has 0 aliphatic carbocycles. The number of hydrogen-bond donors (Lipinski definition) is 1. The van der Waals surface area contributed by atoms with Gasteiger partial charge < -0.3 is 0 Å². The van der Waals surface area contributed by atoms with E-state index < -0.39 is 15.6 Å². The van der Waals surface area contributed by atoms with Crippen molar-refractivity contribution in [2.45, 2.75) is 37.7 Å². The van der Waals surface area contributed by atoms with Crippen molar-refractivity contribution in [3.05, 3.63) is 29.8 Å². The van der Waals surface area contributed by atoms with Gasteiger partial charge in [-0.2, -0.15) is 0 Å². The number of benzene rings is 1. The van der Waals surface area contributed by atoms with Gasteiger partial charge in [0.1, 0.15) is 0 Å². The molecule has 0 heterocycles. The van der Waals surface area contributed by atoms with Crippen LogP contribution < -0.4 is 4.89 Å². The first-order valence-corrected chi connectivity index (χ1v) is 7.61. The zero-order chi connectivity index (χ0) is 13.8. The molecule has 0 unspecified atom stereocenters. The summed E-state index contributed by atoms with van der Waals surface area (Å²) in [5.41, 5.74) is 0.423. The monoisotopic (exact) mass is 291 g/mol. The summed E-state index contributed by atoms with van der Waals surface area (Å²) in [6.45, 7) is 5.29. The Kier molecular flexibility index (Phi) is 5.16. The lowest BCUT2D eigenvalue weighted by atomic mass is 10.2. The molecule has 1 aromatic rings. The van der Waals surface area contributed by atoms with Crippen molar-refractivity contribution >= 4 is 21.6 Å². The molecule has 0 aliphatic rings. The summed E-state index contributed by atoms with van der Waals surface area (Å²) in [6, 6.07) is 6.56. The summed E-state index contributed by atoms with van der Waals surface area (Å²) in [6.07, 6.45) is 0.716. The van der Waals surface area contributed by atoms with Gasteiger partial charge in [0.15, 0.2) is 0 Å². The minimum Gasteiger partial charge on any atom is -0.281 e. The second kappa shape index (κ2) is 6.02. The molecule has 4 nitrogen and oxygen atoms in total. The van der Waals surface area contributed by atoms with Gasteiger partial charge in [0, 0.05) is 5.88 Å². The second-order valence-corrected chi connectivity index (χ2v) is 6.91. The first kappa shape index (κ1) is 15.4. The Balaban J connectivity index is 2.79. The number of alkyl halides is 1. The van der Waals surface area contributed by atoms with E-state index in [9.17, 15) is 8.42 Å². The molecular weight excluding hydrogens is 274 g/mol. The lowest BCUT2D eigenvalue weighted by Crippen LogP contribution is -2.33. The van der Waals surface area contributed by atoms with E-state index in [1.165, 1.54) is 12.1 Å². The average molecular weight is 292 g/mol. The van der Waals surface area contributed by atoms with E-state index in [2.05, 4.69) is 4.89 Å². The fourth-order valence-electron chi connectivity index (χ4n) is 1.17. The quantitative estimate of drug-likeness (QED) is 0.670. The maximum Gasteiger partial charge on any atom is 0.262 e. The molecule has 0 saturated carbocycles. The minimum atomic E-state index is -3.63. The summed E-state index contributed by atoms with van der Waals surface area (Å²) in [5.74, 6) is 0.511. The van der Waals surface area contributed by atoms with Crippen LogP contribution in [0.4, 0.5) is 0 Å². The molecule has 0 radical (unpaired) electrons. The van der Waals surface area contributed by atoms with Crippen LogP contribution in [0.2, 0.25) is 0 Å². The topological polar surface area (TPSA) is 55.4 Å². The van der Waals surface area contributed by atoms with Crippen LogP contribution in [0.1, 0.15) is 26.3 Å². The van der Waals surface area contributed by atoms with Crippen molar-refractivity contribution < 1.29 is 13.3 Å². The minimum absolute atomic E-state index is 0.171. The van der Waals surface area contributed by atoms with Crippen molar-refractivity contribution in [3.8, 4) is 0 Å². The molecule has 1 aromatic carbocycles. The lowest BCUT2D eigenvalue weighted by Gasteiger charge is -2.19. The molecule has 0 amide bonds. The van der Waals surface area contributed by atoms with E-state index in [1.54, 1.807) is 32.9 Å². The molecular formula is C12H18ClNO3S. The molecule has 102 valence electrons. The Labute approximate surface area is 113 Å². The van der Waals surface area contributed by atoms with Crippen LogP contribution in [0.15, 0.2) is 29.2 Å². The largest absolute Gasteiger partial charge is 0.281 e. The molecule has 0 atom stereocenters. The van der Waals surface area contributed by atoms with Crippen molar-refractivity contribution in [2.75, 3.05) is 5.88 Å². The number of sulfonamides is 1. The molecule has 18 heavy (non-hydrogen) atoms. The Morgan fingerprint density at radius 1 is 1.22 bits per heavy atom. The number of aryl methyl sites for hydroxylation is 1. The van der Waals surface area contributed by atoms with Gasteiger partial charge >= 0.3 is 0 Å². The van der Waals surface area contributed by atoms with Gasteiger partial charge in [-0.15, -0.1) is 11.6 Å². The summed E-state index contributed by atoms with van der Waals surface area (Å²) in [7, 11) is -3.63. The predicted octanol–water partition coefficient (Wildman–Crippen LogP) is 2.48. The maximum atomic E-state index is 11.9. The maximum absolute atomic E-state index is 11.9. The van der Waals surface area contributed by atoms with Crippen LogP contribution in [0, 0.1) is 0 Å². The van der Waals surface area contributed by atoms with E-state index in [1.807, 2.05) is 0 Å². The van der Waals surface area contributed by atoms with Crippen LogP contribution in [0.5, 0.6) is 0 Å². The Morgan fingerprint density at radius 3 is 2.22 bits per heavy atom. The van der Waals surface area contributed by atoms with Gasteiger partial charge in [0.2, 0.25) is 0 Å². The van der Waals surface area contributed by atoms with E-state index in [-0.39, 0.29) is 4.90 Å². The van der Waals surface area contributed by atoms with Crippen LogP contribution >= 0.6 is 11.6 Å². The zero-order valence-corrected chi connectivity index (χ0v) is 12.3. The van der Waals surface area contributed by atoms with Crippen LogP contribution in [0.3, 0.4) is 0 Å².